The van der Waals surface area contributed by atoms with Crippen LogP contribution in [0.4, 0.5) is 0 Å². The molecule has 1 aliphatic rings. The van der Waals surface area contributed by atoms with Gasteiger partial charge >= 0.3 is 0 Å². The van der Waals surface area contributed by atoms with E-state index < -0.39 is 0 Å². The summed E-state index contributed by atoms with van der Waals surface area (Å²) < 4.78 is 11.0. The molecule has 0 aliphatic carbocycles. The Kier molecular flexibility index (Phi) is 10.3. The van der Waals surface area contributed by atoms with Gasteiger partial charge in [0.15, 0.2) is 17.5 Å². The molecule has 0 saturated carbocycles. The maximum absolute atomic E-state index is 12.0. The SMILES string of the molecule is CCOc1cc(CCCNC(=NC)NCCC(CC)N2CCCC2=O)ccc1OC. The van der Waals surface area contributed by atoms with Crippen LogP contribution in [0.2, 0.25) is 0 Å². The third kappa shape index (κ3) is 7.11. The molecule has 1 heterocycles. The highest BCUT2D eigenvalue weighted by Gasteiger charge is 2.26. The van der Waals surface area contributed by atoms with Gasteiger partial charge in [-0.05, 0) is 56.7 Å². The molecule has 1 unspecified atom stereocenters. The Morgan fingerprint density at radius 2 is 2.03 bits per heavy atom. The van der Waals surface area contributed by atoms with Crippen LogP contribution in [0.3, 0.4) is 0 Å². The maximum atomic E-state index is 12.0. The van der Waals surface area contributed by atoms with Crippen molar-refractivity contribution in [3.8, 4) is 11.5 Å². The molecule has 1 fully saturated rings. The van der Waals surface area contributed by atoms with Crippen LogP contribution >= 0.6 is 0 Å². The van der Waals surface area contributed by atoms with Crippen LogP contribution in [-0.4, -0.2) is 63.2 Å². The number of methoxy groups -OCH3 is 1. The number of nitrogens with one attached hydrogen (secondary N) is 2. The molecule has 0 bridgehead atoms. The summed E-state index contributed by atoms with van der Waals surface area (Å²) in [4.78, 5) is 18.3. The van der Waals surface area contributed by atoms with Crippen LogP contribution in [-0.2, 0) is 11.2 Å². The first kappa shape index (κ1) is 23.8. The van der Waals surface area contributed by atoms with E-state index in [4.69, 9.17) is 9.47 Å². The topological polar surface area (TPSA) is 75.2 Å². The van der Waals surface area contributed by atoms with Crippen LogP contribution in [0, 0.1) is 0 Å². The minimum atomic E-state index is 0.301. The van der Waals surface area contributed by atoms with Gasteiger partial charge in [0.1, 0.15) is 0 Å². The third-order valence-electron chi connectivity index (χ3n) is 5.48. The zero-order valence-electron chi connectivity index (χ0n) is 19.0. The lowest BCUT2D eigenvalue weighted by Crippen LogP contribution is -2.42. The molecule has 7 nitrogen and oxygen atoms in total. The second-order valence-electron chi connectivity index (χ2n) is 7.49. The van der Waals surface area contributed by atoms with Gasteiger partial charge in [-0.2, -0.15) is 0 Å². The van der Waals surface area contributed by atoms with Crippen molar-refractivity contribution in [1.82, 2.24) is 15.5 Å². The predicted octanol–water partition coefficient (Wildman–Crippen LogP) is 2.98. The van der Waals surface area contributed by atoms with Crippen LogP contribution in [0.1, 0.15) is 51.5 Å². The van der Waals surface area contributed by atoms with Gasteiger partial charge in [0.05, 0.1) is 13.7 Å². The van der Waals surface area contributed by atoms with E-state index in [2.05, 4.69) is 34.7 Å². The largest absolute Gasteiger partial charge is 0.493 e. The Hall–Kier alpha value is -2.44. The van der Waals surface area contributed by atoms with Gasteiger partial charge < -0.3 is 25.0 Å². The summed E-state index contributed by atoms with van der Waals surface area (Å²) in [5, 5.41) is 6.75. The molecule has 0 aromatic heterocycles. The third-order valence-corrected chi connectivity index (χ3v) is 5.48. The fraction of sp³-hybridized carbons (Fsp3) is 0.652. The van der Waals surface area contributed by atoms with E-state index in [1.807, 2.05) is 17.9 Å². The van der Waals surface area contributed by atoms with Gasteiger partial charge in [-0.15, -0.1) is 0 Å². The van der Waals surface area contributed by atoms with E-state index in [0.717, 1.165) is 69.2 Å². The van der Waals surface area contributed by atoms with E-state index in [9.17, 15) is 4.79 Å². The lowest BCUT2D eigenvalue weighted by molar-refractivity contribution is -0.129. The van der Waals surface area contributed by atoms with E-state index in [0.29, 0.717) is 25.0 Å². The van der Waals surface area contributed by atoms with Crippen molar-refractivity contribution in [3.63, 3.8) is 0 Å². The minimum absolute atomic E-state index is 0.301. The van der Waals surface area contributed by atoms with Crippen LogP contribution in [0.15, 0.2) is 23.2 Å². The first-order chi connectivity index (χ1) is 14.6. The normalized spacial score (nSPS) is 15.3. The van der Waals surface area contributed by atoms with Crippen molar-refractivity contribution in [1.29, 1.82) is 0 Å². The highest BCUT2D eigenvalue weighted by Crippen LogP contribution is 2.28. The lowest BCUT2D eigenvalue weighted by Gasteiger charge is -2.27. The van der Waals surface area contributed by atoms with E-state index in [1.165, 1.54) is 5.56 Å². The summed E-state index contributed by atoms with van der Waals surface area (Å²) in [6.07, 6.45) is 5.56. The molecule has 168 valence electrons. The Labute approximate surface area is 181 Å². The number of ether oxygens (including phenoxy) is 2. The van der Waals surface area contributed by atoms with Crippen molar-refractivity contribution < 1.29 is 14.3 Å². The van der Waals surface area contributed by atoms with E-state index in [-0.39, 0.29) is 0 Å². The van der Waals surface area contributed by atoms with Crippen molar-refractivity contribution in [2.75, 3.05) is 40.4 Å². The molecule has 0 radical (unpaired) electrons. The fourth-order valence-electron chi connectivity index (χ4n) is 3.86. The molecule has 2 N–H and O–H groups in total. The molecule has 7 heteroatoms. The number of benzene rings is 1. The summed E-state index contributed by atoms with van der Waals surface area (Å²) in [7, 11) is 3.44. The van der Waals surface area contributed by atoms with Crippen LogP contribution in [0.5, 0.6) is 11.5 Å². The van der Waals surface area contributed by atoms with Crippen LogP contribution in [0.25, 0.3) is 0 Å². The zero-order valence-corrected chi connectivity index (χ0v) is 19.0. The van der Waals surface area contributed by atoms with Crippen molar-refractivity contribution in [2.24, 2.45) is 4.99 Å². The number of carbonyl (C=O) groups is 1. The molecular weight excluding hydrogens is 380 g/mol. The molecule has 1 atom stereocenters. The van der Waals surface area contributed by atoms with Crippen molar-refractivity contribution in [2.45, 2.75) is 58.4 Å². The average molecular weight is 419 g/mol. The van der Waals surface area contributed by atoms with Crippen molar-refractivity contribution >= 4 is 11.9 Å². The van der Waals surface area contributed by atoms with E-state index in [1.54, 1.807) is 14.2 Å². The summed E-state index contributed by atoms with van der Waals surface area (Å²) in [5.74, 6) is 2.67. The standard InChI is InChI=1S/C23H38N4O3/c1-5-19(27-16-8-10-22(27)28)13-15-26-23(24-3)25-14-7-9-18-11-12-20(29-4)21(17-18)30-6-2/h11-12,17,19H,5-10,13-16H2,1-4H3,(H2,24,25,26). The molecule has 1 aliphatic heterocycles. The molecule has 0 spiro atoms. The highest BCUT2D eigenvalue weighted by molar-refractivity contribution is 5.79. The fourth-order valence-corrected chi connectivity index (χ4v) is 3.86. The Bertz CT molecular complexity index is 693. The van der Waals surface area contributed by atoms with Gasteiger partial charge in [0.25, 0.3) is 0 Å². The maximum Gasteiger partial charge on any atom is 0.222 e. The molecule has 1 aromatic rings. The summed E-state index contributed by atoms with van der Waals surface area (Å²) in [6.45, 7) is 7.28. The molecule has 1 amide bonds. The lowest BCUT2D eigenvalue weighted by atomic mass is 10.1. The van der Waals surface area contributed by atoms with E-state index >= 15 is 0 Å². The summed E-state index contributed by atoms with van der Waals surface area (Å²) >= 11 is 0. The monoisotopic (exact) mass is 418 g/mol. The zero-order chi connectivity index (χ0) is 21.8. The minimum Gasteiger partial charge on any atom is -0.493 e. The molecule has 2 rings (SSSR count). The number of carbonyl (C=O) groups excluding carboxylic acids is 1. The first-order valence-corrected chi connectivity index (χ1v) is 11.2. The predicted molar refractivity (Wildman–Crippen MR) is 121 cm³/mol. The summed E-state index contributed by atoms with van der Waals surface area (Å²) in [6, 6.07) is 6.42. The highest BCUT2D eigenvalue weighted by atomic mass is 16.5. The Morgan fingerprint density at radius 1 is 1.23 bits per heavy atom. The van der Waals surface area contributed by atoms with Gasteiger partial charge in [0.2, 0.25) is 5.91 Å². The molecule has 1 aromatic carbocycles. The van der Waals surface area contributed by atoms with Gasteiger partial charge in [-0.1, -0.05) is 13.0 Å². The molecular formula is C23H38N4O3. The first-order valence-electron chi connectivity index (χ1n) is 11.2. The number of nitrogens with zero attached hydrogens (tertiary/aromatic N) is 2. The van der Waals surface area contributed by atoms with Crippen molar-refractivity contribution in [3.05, 3.63) is 23.8 Å². The Balaban J connectivity index is 1.70. The number of aryl methyl sites for hydroxylation is 1. The van der Waals surface area contributed by atoms with Gasteiger partial charge in [-0.3, -0.25) is 9.79 Å². The van der Waals surface area contributed by atoms with Gasteiger partial charge in [-0.25, -0.2) is 0 Å². The number of aliphatic imine (C=N–C) groups is 1. The quantitative estimate of drug-likeness (QED) is 0.310. The molecule has 1 saturated heterocycles. The number of hydrogen-bond acceptors (Lipinski definition) is 4. The van der Waals surface area contributed by atoms with Crippen LogP contribution < -0.4 is 20.1 Å². The number of likely N-dealkylation sites (tertiary alicyclic amines) is 1. The molecule has 30 heavy (non-hydrogen) atoms. The smallest absolute Gasteiger partial charge is 0.222 e. The average Bonchev–Trinajstić information content (AvgIpc) is 3.18. The number of amides is 1. The summed E-state index contributed by atoms with van der Waals surface area (Å²) in [5.41, 5.74) is 1.23. The number of rotatable bonds is 12. The number of hydrogen-bond donors (Lipinski definition) is 2. The Morgan fingerprint density at radius 3 is 2.67 bits per heavy atom. The second-order valence-corrected chi connectivity index (χ2v) is 7.49. The second kappa shape index (κ2) is 13.0. The van der Waals surface area contributed by atoms with Gasteiger partial charge in [0, 0.05) is 39.1 Å². The number of guanidine groups is 1.